The van der Waals surface area contributed by atoms with E-state index in [0.717, 1.165) is 42.5 Å². The van der Waals surface area contributed by atoms with Gasteiger partial charge in [-0.15, -0.1) is 0 Å². The second kappa shape index (κ2) is 5.59. The molecule has 0 radical (unpaired) electrons. The molecule has 0 aliphatic carbocycles. The number of carbonyl (C=O) groups is 1. The second-order valence-corrected chi connectivity index (χ2v) is 5.30. The van der Waals surface area contributed by atoms with Crippen LogP contribution in [-0.4, -0.2) is 42.0 Å². The fourth-order valence-electron chi connectivity index (χ4n) is 2.48. The highest BCUT2D eigenvalue weighted by atomic mass is 35.5. The van der Waals surface area contributed by atoms with E-state index < -0.39 is 0 Å². The lowest BCUT2D eigenvalue weighted by Gasteiger charge is -2.36. The molecule has 1 fully saturated rings. The summed E-state index contributed by atoms with van der Waals surface area (Å²) in [6.07, 6.45) is 3.52. The molecule has 0 saturated carbocycles. The lowest BCUT2D eigenvalue weighted by atomic mass is 10.2. The number of piperazine rings is 1. The Morgan fingerprint density at radius 1 is 1.15 bits per heavy atom. The lowest BCUT2D eigenvalue weighted by molar-refractivity contribution is 0.0747. The van der Waals surface area contributed by atoms with Crippen molar-refractivity contribution in [2.75, 3.05) is 31.1 Å². The molecule has 3 rings (SSSR count). The predicted octanol–water partition coefficient (Wildman–Crippen LogP) is 2.63. The normalized spacial score (nSPS) is 15.4. The molecule has 4 nitrogen and oxygen atoms in total. The number of carbonyl (C=O) groups excluding carboxylic acids is 1. The van der Waals surface area contributed by atoms with E-state index in [1.54, 1.807) is 12.4 Å². The minimum absolute atomic E-state index is 0.0944. The van der Waals surface area contributed by atoms with Crippen molar-refractivity contribution < 1.29 is 4.79 Å². The van der Waals surface area contributed by atoms with Gasteiger partial charge in [-0.05, 0) is 24.3 Å². The zero-order valence-corrected chi connectivity index (χ0v) is 11.8. The molecular formula is C15H16ClN3O. The number of halogens is 1. The third kappa shape index (κ3) is 2.65. The first-order valence-electron chi connectivity index (χ1n) is 6.66. The Balaban J connectivity index is 1.64. The quantitative estimate of drug-likeness (QED) is 0.923. The minimum Gasteiger partial charge on any atom is -0.368 e. The van der Waals surface area contributed by atoms with Crippen molar-refractivity contribution >= 4 is 23.2 Å². The van der Waals surface area contributed by atoms with Crippen molar-refractivity contribution in [3.05, 3.63) is 53.3 Å². The van der Waals surface area contributed by atoms with Crippen LogP contribution in [0.4, 0.5) is 5.69 Å². The molecule has 1 saturated heterocycles. The smallest absolute Gasteiger partial charge is 0.255 e. The van der Waals surface area contributed by atoms with Crippen molar-refractivity contribution in [2.24, 2.45) is 0 Å². The number of nitrogens with zero attached hydrogens (tertiary/aromatic N) is 2. The number of benzene rings is 1. The van der Waals surface area contributed by atoms with Gasteiger partial charge in [0.2, 0.25) is 0 Å². The summed E-state index contributed by atoms with van der Waals surface area (Å²) < 4.78 is 0. The Hall–Kier alpha value is -1.94. The van der Waals surface area contributed by atoms with Gasteiger partial charge in [0, 0.05) is 49.3 Å². The van der Waals surface area contributed by atoms with Crippen molar-refractivity contribution in [3.8, 4) is 0 Å². The molecule has 1 aliphatic heterocycles. The molecule has 1 aromatic heterocycles. The first-order valence-corrected chi connectivity index (χ1v) is 7.04. The van der Waals surface area contributed by atoms with Gasteiger partial charge in [-0.1, -0.05) is 17.7 Å². The number of H-pyrrole nitrogens is 1. The van der Waals surface area contributed by atoms with E-state index in [1.807, 2.05) is 29.2 Å². The fourth-order valence-corrected chi connectivity index (χ4v) is 2.66. The molecule has 0 atom stereocenters. The van der Waals surface area contributed by atoms with Crippen LogP contribution in [0.25, 0.3) is 0 Å². The van der Waals surface area contributed by atoms with Gasteiger partial charge in [0.25, 0.3) is 5.91 Å². The van der Waals surface area contributed by atoms with E-state index in [2.05, 4.69) is 16.0 Å². The van der Waals surface area contributed by atoms with Gasteiger partial charge in [0.15, 0.2) is 0 Å². The monoisotopic (exact) mass is 289 g/mol. The second-order valence-electron chi connectivity index (χ2n) is 4.86. The third-order valence-electron chi connectivity index (χ3n) is 3.59. The first kappa shape index (κ1) is 13.1. The zero-order valence-electron chi connectivity index (χ0n) is 11.1. The third-order valence-corrected chi connectivity index (χ3v) is 3.82. The van der Waals surface area contributed by atoms with Gasteiger partial charge in [-0.3, -0.25) is 4.79 Å². The van der Waals surface area contributed by atoms with E-state index in [4.69, 9.17) is 11.6 Å². The topological polar surface area (TPSA) is 39.3 Å². The summed E-state index contributed by atoms with van der Waals surface area (Å²) in [5.74, 6) is 0.0944. The van der Waals surface area contributed by atoms with Crippen LogP contribution in [0.3, 0.4) is 0 Å². The van der Waals surface area contributed by atoms with Crippen LogP contribution in [0.2, 0.25) is 5.02 Å². The van der Waals surface area contributed by atoms with E-state index in [1.165, 1.54) is 0 Å². The predicted molar refractivity (Wildman–Crippen MR) is 80.4 cm³/mol. The number of anilines is 1. The van der Waals surface area contributed by atoms with E-state index in [-0.39, 0.29) is 5.91 Å². The summed E-state index contributed by atoms with van der Waals surface area (Å²) in [6.45, 7) is 3.13. The zero-order chi connectivity index (χ0) is 13.9. The number of nitrogens with one attached hydrogen (secondary N) is 1. The number of rotatable bonds is 2. The molecule has 1 aliphatic rings. The maximum Gasteiger partial charge on any atom is 0.255 e. The van der Waals surface area contributed by atoms with Gasteiger partial charge in [-0.2, -0.15) is 0 Å². The summed E-state index contributed by atoms with van der Waals surface area (Å²) in [5.41, 5.74) is 1.84. The average molecular weight is 290 g/mol. The fraction of sp³-hybridized carbons (Fsp3) is 0.267. The molecular weight excluding hydrogens is 274 g/mol. The van der Waals surface area contributed by atoms with Crippen LogP contribution in [0.5, 0.6) is 0 Å². The Labute approximate surface area is 123 Å². The summed E-state index contributed by atoms with van der Waals surface area (Å²) in [6, 6.07) is 9.65. The summed E-state index contributed by atoms with van der Waals surface area (Å²) in [4.78, 5) is 19.3. The van der Waals surface area contributed by atoms with Gasteiger partial charge in [-0.25, -0.2) is 0 Å². The molecule has 0 spiro atoms. The molecule has 20 heavy (non-hydrogen) atoms. The Morgan fingerprint density at radius 3 is 2.60 bits per heavy atom. The van der Waals surface area contributed by atoms with Gasteiger partial charge in [0.1, 0.15) is 0 Å². The molecule has 104 valence electrons. The van der Waals surface area contributed by atoms with E-state index >= 15 is 0 Å². The van der Waals surface area contributed by atoms with Gasteiger partial charge in [0.05, 0.1) is 5.56 Å². The van der Waals surface area contributed by atoms with Crippen LogP contribution in [0.1, 0.15) is 10.4 Å². The first-order chi connectivity index (χ1) is 9.74. The van der Waals surface area contributed by atoms with E-state index in [0.29, 0.717) is 0 Å². The average Bonchev–Trinajstić information content (AvgIpc) is 3.01. The van der Waals surface area contributed by atoms with Crippen LogP contribution in [0.15, 0.2) is 42.7 Å². The van der Waals surface area contributed by atoms with Crippen molar-refractivity contribution in [1.82, 2.24) is 9.88 Å². The molecule has 5 heteroatoms. The van der Waals surface area contributed by atoms with Crippen molar-refractivity contribution in [2.45, 2.75) is 0 Å². The largest absolute Gasteiger partial charge is 0.368 e. The summed E-state index contributed by atoms with van der Waals surface area (Å²) in [7, 11) is 0. The van der Waals surface area contributed by atoms with Gasteiger partial charge < -0.3 is 14.8 Å². The maximum absolute atomic E-state index is 12.2. The molecule has 0 bridgehead atoms. The van der Waals surface area contributed by atoms with Crippen LogP contribution >= 0.6 is 11.6 Å². The highest BCUT2D eigenvalue weighted by Crippen LogP contribution is 2.21. The molecule has 1 aromatic carbocycles. The summed E-state index contributed by atoms with van der Waals surface area (Å²) >= 11 is 6.02. The Kier molecular flexibility index (Phi) is 3.65. The number of hydrogen-bond acceptors (Lipinski definition) is 2. The van der Waals surface area contributed by atoms with Gasteiger partial charge >= 0.3 is 0 Å². The maximum atomic E-state index is 12.2. The lowest BCUT2D eigenvalue weighted by Crippen LogP contribution is -2.48. The summed E-state index contributed by atoms with van der Waals surface area (Å²) in [5, 5.41) is 0.744. The van der Waals surface area contributed by atoms with Crippen LogP contribution in [-0.2, 0) is 0 Å². The Bertz CT molecular complexity index is 589. The van der Waals surface area contributed by atoms with Crippen LogP contribution < -0.4 is 4.90 Å². The number of aromatic nitrogens is 1. The molecule has 1 N–H and O–H groups in total. The highest BCUT2D eigenvalue weighted by molar-refractivity contribution is 6.30. The minimum atomic E-state index is 0.0944. The van der Waals surface area contributed by atoms with Crippen molar-refractivity contribution in [3.63, 3.8) is 0 Å². The number of aromatic amines is 1. The highest BCUT2D eigenvalue weighted by Gasteiger charge is 2.22. The molecule has 0 unspecified atom stereocenters. The molecule has 2 heterocycles. The number of amides is 1. The SMILES string of the molecule is O=C(c1cc[nH]c1)N1CCN(c2cccc(Cl)c2)CC1. The Morgan fingerprint density at radius 2 is 1.95 bits per heavy atom. The molecule has 1 amide bonds. The standard InChI is InChI=1S/C15H16ClN3O/c16-13-2-1-3-14(10-13)18-6-8-19(9-7-18)15(20)12-4-5-17-11-12/h1-5,10-11,17H,6-9H2. The van der Waals surface area contributed by atoms with Crippen molar-refractivity contribution in [1.29, 1.82) is 0 Å². The van der Waals surface area contributed by atoms with Crippen LogP contribution in [0, 0.1) is 0 Å². The number of hydrogen-bond donors (Lipinski definition) is 1. The molecule has 2 aromatic rings. The van der Waals surface area contributed by atoms with E-state index in [9.17, 15) is 4.79 Å².